The highest BCUT2D eigenvalue weighted by atomic mass is 35.5. The van der Waals surface area contributed by atoms with Gasteiger partial charge in [-0.05, 0) is 32.9 Å². The summed E-state index contributed by atoms with van der Waals surface area (Å²) < 4.78 is 26.2. The quantitative estimate of drug-likeness (QED) is 0.648. The third kappa shape index (κ3) is 4.04. The van der Waals surface area contributed by atoms with Gasteiger partial charge in [0.1, 0.15) is 5.56 Å². The van der Waals surface area contributed by atoms with Gasteiger partial charge < -0.3 is 5.32 Å². The predicted molar refractivity (Wildman–Crippen MR) is 104 cm³/mol. The van der Waals surface area contributed by atoms with Gasteiger partial charge in [0.25, 0.3) is 5.91 Å². The normalized spacial score (nSPS) is 11.7. The summed E-state index contributed by atoms with van der Waals surface area (Å²) in [5.41, 5.74) is 0.313. The molecular weight excluding hydrogens is 390 g/mol. The standard InChI is InChI=1S/C17H18ClN5O3S/c1-17(2,3)21-16(24)11-10-19-22-9-8-14(20-15(11)22)23(27(25)26)13-7-5-4-6-12(13)18/h4-10,27H,1-3H3,(H,21,24). The van der Waals surface area contributed by atoms with Crippen LogP contribution < -0.4 is 9.62 Å². The van der Waals surface area contributed by atoms with Crippen LogP contribution in [0, 0.1) is 0 Å². The molecule has 0 spiro atoms. The van der Waals surface area contributed by atoms with Gasteiger partial charge in [-0.25, -0.2) is 22.2 Å². The lowest BCUT2D eigenvalue weighted by Crippen LogP contribution is -2.40. The summed E-state index contributed by atoms with van der Waals surface area (Å²) in [5, 5.41) is 7.20. The summed E-state index contributed by atoms with van der Waals surface area (Å²) in [4.78, 5) is 16.9. The van der Waals surface area contributed by atoms with Crippen molar-refractivity contribution in [3.63, 3.8) is 0 Å². The second-order valence-corrected chi connectivity index (χ2v) is 8.10. The van der Waals surface area contributed by atoms with Crippen LogP contribution in [0.3, 0.4) is 0 Å². The number of carbonyl (C=O) groups excluding carboxylic acids is 1. The lowest BCUT2D eigenvalue weighted by Gasteiger charge is -2.20. The smallest absolute Gasteiger partial charge is 0.257 e. The van der Waals surface area contributed by atoms with Gasteiger partial charge in [0.2, 0.25) is 10.9 Å². The number of thiol groups is 1. The van der Waals surface area contributed by atoms with Crippen LogP contribution in [0.15, 0.2) is 42.7 Å². The predicted octanol–water partition coefficient (Wildman–Crippen LogP) is 2.58. The Balaban J connectivity index is 2.11. The Labute approximate surface area is 162 Å². The number of fused-ring (bicyclic) bond motifs is 1. The number of rotatable bonds is 4. The maximum Gasteiger partial charge on any atom is 0.257 e. The third-order valence-electron chi connectivity index (χ3n) is 3.55. The number of aromatic nitrogens is 3. The maximum atomic E-state index is 12.5. The Morgan fingerprint density at radius 1 is 1.22 bits per heavy atom. The minimum Gasteiger partial charge on any atom is -0.347 e. The number of nitrogens with one attached hydrogen (secondary N) is 1. The highest BCUT2D eigenvalue weighted by molar-refractivity contribution is 7.74. The molecule has 2 aromatic heterocycles. The van der Waals surface area contributed by atoms with E-state index < -0.39 is 16.4 Å². The number of anilines is 2. The zero-order chi connectivity index (χ0) is 19.8. The van der Waals surface area contributed by atoms with Gasteiger partial charge in [-0.1, -0.05) is 23.7 Å². The fraction of sp³-hybridized carbons (Fsp3) is 0.235. The monoisotopic (exact) mass is 407 g/mol. The van der Waals surface area contributed by atoms with Crippen LogP contribution >= 0.6 is 11.6 Å². The summed E-state index contributed by atoms with van der Waals surface area (Å²) in [5.74, 6) is -0.241. The Morgan fingerprint density at radius 3 is 2.56 bits per heavy atom. The van der Waals surface area contributed by atoms with Gasteiger partial charge in [-0.3, -0.25) is 4.79 Å². The van der Waals surface area contributed by atoms with Gasteiger partial charge in [0, 0.05) is 17.8 Å². The molecule has 3 aromatic rings. The molecule has 0 bridgehead atoms. The van der Waals surface area contributed by atoms with E-state index in [1.54, 1.807) is 24.3 Å². The van der Waals surface area contributed by atoms with Gasteiger partial charge in [-0.15, -0.1) is 0 Å². The molecule has 0 radical (unpaired) electrons. The number of halogens is 1. The van der Waals surface area contributed by atoms with Crippen molar-refractivity contribution in [1.82, 2.24) is 19.9 Å². The first kappa shape index (κ1) is 19.1. The first-order chi connectivity index (χ1) is 12.7. The molecule has 2 heterocycles. The molecule has 0 aliphatic carbocycles. The molecule has 142 valence electrons. The third-order valence-corrected chi connectivity index (χ3v) is 4.62. The highest BCUT2D eigenvalue weighted by Crippen LogP contribution is 2.31. The van der Waals surface area contributed by atoms with E-state index >= 15 is 0 Å². The highest BCUT2D eigenvalue weighted by Gasteiger charge is 2.22. The van der Waals surface area contributed by atoms with Crippen LogP contribution in [0.1, 0.15) is 31.1 Å². The molecule has 1 amide bonds. The fourth-order valence-corrected chi connectivity index (χ4v) is 3.37. The minimum absolute atomic E-state index is 0.108. The number of carbonyl (C=O) groups is 1. The summed E-state index contributed by atoms with van der Waals surface area (Å²) in [6.45, 7) is 5.57. The number of para-hydroxylation sites is 1. The van der Waals surface area contributed by atoms with Crippen molar-refractivity contribution in [2.45, 2.75) is 26.3 Å². The van der Waals surface area contributed by atoms with Gasteiger partial charge >= 0.3 is 0 Å². The largest absolute Gasteiger partial charge is 0.347 e. The molecule has 0 aliphatic heterocycles. The zero-order valence-electron chi connectivity index (χ0n) is 14.9. The molecule has 0 saturated carbocycles. The number of hydrogen-bond acceptors (Lipinski definition) is 5. The van der Waals surface area contributed by atoms with Crippen LogP contribution in [-0.4, -0.2) is 34.5 Å². The first-order valence-electron chi connectivity index (χ1n) is 8.03. The van der Waals surface area contributed by atoms with E-state index in [2.05, 4.69) is 15.4 Å². The van der Waals surface area contributed by atoms with E-state index in [4.69, 9.17) is 11.6 Å². The van der Waals surface area contributed by atoms with E-state index in [1.165, 1.54) is 23.0 Å². The second kappa shape index (κ2) is 7.16. The van der Waals surface area contributed by atoms with E-state index in [9.17, 15) is 13.2 Å². The molecule has 1 aromatic carbocycles. The number of amides is 1. The van der Waals surface area contributed by atoms with Crippen LogP contribution in [0.5, 0.6) is 0 Å². The molecule has 8 nitrogen and oxygen atoms in total. The Morgan fingerprint density at radius 2 is 1.93 bits per heavy atom. The van der Waals surface area contributed by atoms with Crippen LogP contribution in [-0.2, 0) is 10.9 Å². The van der Waals surface area contributed by atoms with Gasteiger partial charge in [0.05, 0.1) is 16.9 Å². The van der Waals surface area contributed by atoms with Crippen molar-refractivity contribution in [2.75, 3.05) is 4.31 Å². The van der Waals surface area contributed by atoms with Crippen molar-refractivity contribution >= 4 is 45.6 Å². The maximum absolute atomic E-state index is 12.5. The topological polar surface area (TPSA) is 96.7 Å². The molecule has 3 rings (SSSR count). The van der Waals surface area contributed by atoms with E-state index in [-0.39, 0.29) is 33.6 Å². The molecule has 10 heteroatoms. The Kier molecular flexibility index (Phi) is 5.07. The van der Waals surface area contributed by atoms with Gasteiger partial charge in [-0.2, -0.15) is 5.10 Å². The van der Waals surface area contributed by atoms with Crippen molar-refractivity contribution in [1.29, 1.82) is 0 Å². The number of hydrogen-bond donors (Lipinski definition) is 2. The minimum atomic E-state index is -3.06. The molecule has 0 atom stereocenters. The molecule has 0 aliphatic rings. The average Bonchev–Trinajstić information content (AvgIpc) is 2.98. The average molecular weight is 408 g/mol. The Bertz CT molecular complexity index is 1080. The van der Waals surface area contributed by atoms with E-state index in [0.717, 1.165) is 4.31 Å². The summed E-state index contributed by atoms with van der Waals surface area (Å²) in [7, 11) is -3.06. The molecule has 27 heavy (non-hydrogen) atoms. The van der Waals surface area contributed by atoms with Crippen molar-refractivity contribution < 1.29 is 13.2 Å². The summed E-state index contributed by atoms with van der Waals surface area (Å²) in [6, 6.07) is 8.02. The van der Waals surface area contributed by atoms with Gasteiger partial charge in [0.15, 0.2) is 11.5 Å². The van der Waals surface area contributed by atoms with Crippen molar-refractivity contribution in [3.8, 4) is 0 Å². The van der Waals surface area contributed by atoms with Crippen LogP contribution in [0.4, 0.5) is 11.5 Å². The zero-order valence-corrected chi connectivity index (χ0v) is 16.5. The molecule has 1 N–H and O–H groups in total. The van der Waals surface area contributed by atoms with E-state index in [1.807, 2.05) is 20.8 Å². The summed E-state index contributed by atoms with van der Waals surface area (Å²) >= 11 is 6.15. The Hall–Kier alpha value is -2.65. The molecule has 0 unspecified atom stereocenters. The second-order valence-electron chi connectivity index (χ2n) is 6.82. The molecule has 0 saturated heterocycles. The fourth-order valence-electron chi connectivity index (χ4n) is 2.46. The lowest BCUT2D eigenvalue weighted by molar-refractivity contribution is 0.0921. The molecule has 0 fully saturated rings. The number of nitrogens with zero attached hydrogens (tertiary/aromatic N) is 4. The van der Waals surface area contributed by atoms with Crippen molar-refractivity contribution in [3.05, 3.63) is 53.3 Å². The SMILES string of the molecule is CC(C)(C)NC(=O)c1cnn2ccc(N(c3ccccc3Cl)[SH](=O)=O)nc12. The summed E-state index contributed by atoms with van der Waals surface area (Å²) in [6.07, 6.45) is 2.93. The van der Waals surface area contributed by atoms with Crippen molar-refractivity contribution in [2.24, 2.45) is 0 Å². The van der Waals surface area contributed by atoms with Crippen LogP contribution in [0.2, 0.25) is 5.02 Å². The van der Waals surface area contributed by atoms with Crippen LogP contribution in [0.25, 0.3) is 5.65 Å². The van der Waals surface area contributed by atoms with E-state index in [0.29, 0.717) is 0 Å². The molecular formula is C17H18ClN5O3S. The first-order valence-corrected chi connectivity index (χ1v) is 9.54. The lowest BCUT2D eigenvalue weighted by atomic mass is 10.1. The number of benzene rings is 1.